The van der Waals surface area contributed by atoms with Crippen molar-refractivity contribution in [1.29, 1.82) is 0 Å². The number of aromatic hydroxyl groups is 1. The average molecular weight is 271 g/mol. The Balaban J connectivity index is 2.56. The molecule has 4 nitrogen and oxygen atoms in total. The van der Waals surface area contributed by atoms with E-state index in [4.69, 9.17) is 5.73 Å². The summed E-state index contributed by atoms with van der Waals surface area (Å²) in [5, 5.41) is 19.3. The van der Waals surface area contributed by atoms with E-state index in [1.54, 1.807) is 50.2 Å². The summed E-state index contributed by atoms with van der Waals surface area (Å²) < 4.78 is 0. The SMILES string of the molecule is CC(C)(C(=O)O)c1cccc(-c2cccc(N)c2O)c1. The van der Waals surface area contributed by atoms with Gasteiger partial charge >= 0.3 is 5.97 Å². The van der Waals surface area contributed by atoms with Gasteiger partial charge in [0.05, 0.1) is 11.1 Å². The Kier molecular flexibility index (Phi) is 3.40. The summed E-state index contributed by atoms with van der Waals surface area (Å²) in [6.07, 6.45) is 0. The van der Waals surface area contributed by atoms with Gasteiger partial charge in [0.25, 0.3) is 0 Å². The molecule has 0 radical (unpaired) electrons. The van der Waals surface area contributed by atoms with E-state index >= 15 is 0 Å². The Morgan fingerprint density at radius 3 is 2.45 bits per heavy atom. The summed E-state index contributed by atoms with van der Waals surface area (Å²) in [4.78, 5) is 11.3. The molecule has 0 spiro atoms. The highest BCUT2D eigenvalue weighted by atomic mass is 16.4. The smallest absolute Gasteiger partial charge is 0.313 e. The fourth-order valence-corrected chi connectivity index (χ4v) is 1.99. The third-order valence-electron chi connectivity index (χ3n) is 3.50. The molecule has 0 saturated carbocycles. The molecule has 4 heteroatoms. The number of hydrogen-bond donors (Lipinski definition) is 3. The van der Waals surface area contributed by atoms with Crippen molar-refractivity contribution in [3.8, 4) is 16.9 Å². The topological polar surface area (TPSA) is 83.5 Å². The van der Waals surface area contributed by atoms with Gasteiger partial charge in [-0.2, -0.15) is 0 Å². The third kappa shape index (κ3) is 2.32. The number of carboxylic acids is 1. The van der Waals surface area contributed by atoms with Crippen LogP contribution in [0.15, 0.2) is 42.5 Å². The highest BCUT2D eigenvalue weighted by Crippen LogP contribution is 2.35. The summed E-state index contributed by atoms with van der Waals surface area (Å²) in [5.41, 5.74) is 6.99. The third-order valence-corrected chi connectivity index (χ3v) is 3.50. The Labute approximate surface area is 117 Å². The number of hydrogen-bond acceptors (Lipinski definition) is 3. The summed E-state index contributed by atoms with van der Waals surface area (Å²) in [5.74, 6) is -0.885. The Hall–Kier alpha value is -2.49. The second-order valence-corrected chi connectivity index (χ2v) is 5.25. The fraction of sp³-hybridized carbons (Fsp3) is 0.188. The van der Waals surface area contributed by atoms with Crippen LogP contribution in [-0.4, -0.2) is 16.2 Å². The fourth-order valence-electron chi connectivity index (χ4n) is 1.99. The van der Waals surface area contributed by atoms with Gasteiger partial charge in [-0.15, -0.1) is 0 Å². The highest BCUT2D eigenvalue weighted by molar-refractivity contribution is 5.82. The molecule has 2 aromatic carbocycles. The second-order valence-electron chi connectivity index (χ2n) is 5.25. The van der Waals surface area contributed by atoms with Crippen LogP contribution in [0.3, 0.4) is 0 Å². The number of phenols is 1. The van der Waals surface area contributed by atoms with Crippen molar-refractivity contribution in [1.82, 2.24) is 0 Å². The van der Waals surface area contributed by atoms with Crippen LogP contribution in [0.2, 0.25) is 0 Å². The lowest BCUT2D eigenvalue weighted by atomic mass is 9.83. The summed E-state index contributed by atoms with van der Waals surface area (Å²) >= 11 is 0. The molecule has 0 unspecified atom stereocenters. The van der Waals surface area contributed by atoms with Crippen LogP contribution in [0.1, 0.15) is 19.4 Å². The first-order chi connectivity index (χ1) is 9.34. The minimum absolute atomic E-state index is 0.0118. The predicted molar refractivity (Wildman–Crippen MR) is 78.6 cm³/mol. The maximum atomic E-state index is 11.3. The van der Waals surface area contributed by atoms with Crippen LogP contribution in [-0.2, 0) is 10.2 Å². The maximum absolute atomic E-state index is 11.3. The number of carboxylic acid groups (broad SMARTS) is 1. The molecule has 104 valence electrons. The van der Waals surface area contributed by atoms with E-state index in [1.165, 1.54) is 0 Å². The van der Waals surface area contributed by atoms with Crippen molar-refractivity contribution in [2.24, 2.45) is 0 Å². The minimum Gasteiger partial charge on any atom is -0.505 e. The van der Waals surface area contributed by atoms with Crippen molar-refractivity contribution >= 4 is 11.7 Å². The molecular formula is C16H17NO3. The lowest BCUT2D eigenvalue weighted by Gasteiger charge is -2.20. The molecule has 20 heavy (non-hydrogen) atoms. The predicted octanol–water partition coefficient (Wildman–Crippen LogP) is 3.00. The number of para-hydroxylation sites is 1. The van der Waals surface area contributed by atoms with Gasteiger partial charge in [0.15, 0.2) is 0 Å². The number of nitrogen functional groups attached to an aromatic ring is 1. The number of benzene rings is 2. The van der Waals surface area contributed by atoms with Crippen molar-refractivity contribution < 1.29 is 15.0 Å². The zero-order valence-electron chi connectivity index (χ0n) is 11.4. The van der Waals surface area contributed by atoms with Crippen LogP contribution in [0.25, 0.3) is 11.1 Å². The molecule has 0 bridgehead atoms. The molecule has 0 fully saturated rings. The van der Waals surface area contributed by atoms with Gasteiger partial charge in [-0.1, -0.05) is 30.3 Å². The first kappa shape index (κ1) is 13.9. The number of rotatable bonds is 3. The lowest BCUT2D eigenvalue weighted by Crippen LogP contribution is -2.28. The van der Waals surface area contributed by atoms with Gasteiger partial charge in [0.2, 0.25) is 0 Å². The quantitative estimate of drug-likeness (QED) is 0.592. The van der Waals surface area contributed by atoms with E-state index in [2.05, 4.69) is 0 Å². The summed E-state index contributed by atoms with van der Waals surface area (Å²) in [6.45, 7) is 3.29. The Morgan fingerprint density at radius 1 is 1.15 bits per heavy atom. The van der Waals surface area contributed by atoms with E-state index in [0.717, 1.165) is 5.56 Å². The summed E-state index contributed by atoms with van der Waals surface area (Å²) in [6, 6.07) is 12.2. The lowest BCUT2D eigenvalue weighted by molar-refractivity contribution is -0.142. The van der Waals surface area contributed by atoms with Gasteiger partial charge in [-0.25, -0.2) is 0 Å². The van der Waals surface area contributed by atoms with Gasteiger partial charge in [0, 0.05) is 5.56 Å². The minimum atomic E-state index is -0.994. The Morgan fingerprint density at radius 2 is 1.80 bits per heavy atom. The van der Waals surface area contributed by atoms with E-state index in [0.29, 0.717) is 16.8 Å². The Bertz CT molecular complexity index is 663. The van der Waals surface area contributed by atoms with Gasteiger partial charge in [-0.3, -0.25) is 4.79 Å². The highest BCUT2D eigenvalue weighted by Gasteiger charge is 2.29. The van der Waals surface area contributed by atoms with E-state index < -0.39 is 11.4 Å². The zero-order chi connectivity index (χ0) is 14.9. The molecule has 2 aromatic rings. The monoisotopic (exact) mass is 271 g/mol. The largest absolute Gasteiger partial charge is 0.505 e. The number of anilines is 1. The van der Waals surface area contributed by atoms with Crippen molar-refractivity contribution in [3.05, 3.63) is 48.0 Å². The van der Waals surface area contributed by atoms with Gasteiger partial charge in [0.1, 0.15) is 5.75 Å². The number of phenolic OH excluding ortho intramolecular Hbond substituents is 1. The summed E-state index contributed by atoms with van der Waals surface area (Å²) in [7, 11) is 0. The first-order valence-electron chi connectivity index (χ1n) is 6.26. The second kappa shape index (κ2) is 4.89. The van der Waals surface area contributed by atoms with E-state index in [9.17, 15) is 15.0 Å². The molecule has 0 aliphatic carbocycles. The molecule has 0 saturated heterocycles. The van der Waals surface area contributed by atoms with Crippen LogP contribution < -0.4 is 5.73 Å². The van der Waals surface area contributed by atoms with Crippen molar-refractivity contribution in [2.75, 3.05) is 5.73 Å². The molecule has 0 aliphatic heterocycles. The number of nitrogens with two attached hydrogens (primary N) is 1. The molecule has 0 amide bonds. The van der Waals surface area contributed by atoms with E-state index in [1.807, 2.05) is 6.07 Å². The number of carbonyl (C=O) groups is 1. The van der Waals surface area contributed by atoms with Crippen molar-refractivity contribution in [3.63, 3.8) is 0 Å². The first-order valence-corrected chi connectivity index (χ1v) is 6.26. The molecule has 4 N–H and O–H groups in total. The zero-order valence-corrected chi connectivity index (χ0v) is 11.4. The molecule has 0 aliphatic rings. The molecule has 2 rings (SSSR count). The van der Waals surface area contributed by atoms with Gasteiger partial charge in [-0.05, 0) is 37.1 Å². The van der Waals surface area contributed by atoms with Crippen LogP contribution >= 0.6 is 0 Å². The average Bonchev–Trinajstić information content (AvgIpc) is 2.42. The molecular weight excluding hydrogens is 254 g/mol. The molecule has 0 heterocycles. The van der Waals surface area contributed by atoms with E-state index in [-0.39, 0.29) is 5.75 Å². The van der Waals surface area contributed by atoms with Crippen molar-refractivity contribution in [2.45, 2.75) is 19.3 Å². The normalized spacial score (nSPS) is 11.3. The van der Waals surface area contributed by atoms with Crippen LogP contribution in [0, 0.1) is 0 Å². The number of aliphatic carboxylic acids is 1. The van der Waals surface area contributed by atoms with Crippen LogP contribution in [0.5, 0.6) is 5.75 Å². The van der Waals surface area contributed by atoms with Crippen LogP contribution in [0.4, 0.5) is 5.69 Å². The molecule has 0 atom stereocenters. The van der Waals surface area contributed by atoms with Gasteiger partial charge < -0.3 is 15.9 Å². The standard InChI is InChI=1S/C16H17NO3/c1-16(2,15(19)20)11-6-3-5-10(9-11)12-7-4-8-13(17)14(12)18/h3-9,18H,17H2,1-2H3,(H,19,20). The molecule has 0 aromatic heterocycles. The maximum Gasteiger partial charge on any atom is 0.313 e.